The van der Waals surface area contributed by atoms with Gasteiger partial charge in [0, 0.05) is 38.1 Å². The van der Waals surface area contributed by atoms with Crippen LogP contribution in [0, 0.1) is 5.82 Å². The Labute approximate surface area is 152 Å². The van der Waals surface area contributed by atoms with Crippen molar-refractivity contribution in [3.05, 3.63) is 54.3 Å². The van der Waals surface area contributed by atoms with Crippen LogP contribution in [-0.4, -0.2) is 53.6 Å². The number of rotatable bonds is 4. The summed E-state index contributed by atoms with van der Waals surface area (Å²) < 4.78 is 64.1. The number of hydrogen-bond acceptors (Lipinski definition) is 5. The average Bonchev–Trinajstić information content (AvgIpc) is 2.62. The summed E-state index contributed by atoms with van der Waals surface area (Å²) in [6, 6.07) is 11.7. The zero-order valence-electron chi connectivity index (χ0n) is 14.2. The largest absolute Gasteiger partial charge is 0.369 e. The van der Waals surface area contributed by atoms with Gasteiger partial charge in [0.05, 0.1) is 4.90 Å². The highest BCUT2D eigenvalue weighted by atomic mass is 32.2. The molecule has 1 fully saturated rings. The van der Waals surface area contributed by atoms with Crippen molar-refractivity contribution >= 4 is 25.5 Å². The highest BCUT2D eigenvalue weighted by Crippen LogP contribution is 2.26. The third kappa shape index (κ3) is 3.74. The van der Waals surface area contributed by atoms with Gasteiger partial charge in [-0.15, -0.1) is 0 Å². The summed E-state index contributed by atoms with van der Waals surface area (Å²) in [5.41, 5.74) is 0.819. The van der Waals surface area contributed by atoms with Crippen LogP contribution in [0.25, 0.3) is 0 Å². The second-order valence-electron chi connectivity index (χ2n) is 6.09. The van der Waals surface area contributed by atoms with Crippen LogP contribution < -0.4 is 4.90 Å². The van der Waals surface area contributed by atoms with Crippen LogP contribution in [0.5, 0.6) is 0 Å². The van der Waals surface area contributed by atoms with Crippen LogP contribution in [0.4, 0.5) is 10.1 Å². The molecule has 0 saturated carbocycles. The Morgan fingerprint density at radius 3 is 1.88 bits per heavy atom. The summed E-state index contributed by atoms with van der Waals surface area (Å²) in [7, 11) is -7.59. The van der Waals surface area contributed by atoms with Gasteiger partial charge in [-0.3, -0.25) is 0 Å². The molecule has 0 aromatic heterocycles. The quantitative estimate of drug-likeness (QED) is 0.784. The van der Waals surface area contributed by atoms with E-state index in [2.05, 4.69) is 0 Å². The lowest BCUT2D eigenvalue weighted by atomic mass is 10.2. The summed E-state index contributed by atoms with van der Waals surface area (Å²) in [6.07, 6.45) is 0.994. The molecule has 0 radical (unpaired) electrons. The molecule has 6 nitrogen and oxygen atoms in total. The van der Waals surface area contributed by atoms with Crippen molar-refractivity contribution in [3.8, 4) is 0 Å². The van der Waals surface area contributed by atoms with E-state index >= 15 is 0 Å². The molecule has 0 amide bonds. The predicted molar refractivity (Wildman–Crippen MR) is 96.9 cm³/mol. The lowest BCUT2D eigenvalue weighted by Crippen LogP contribution is -2.48. The molecule has 140 valence electrons. The Morgan fingerprint density at radius 2 is 1.35 bits per heavy atom. The lowest BCUT2D eigenvalue weighted by Gasteiger charge is -2.35. The minimum absolute atomic E-state index is 0.194. The van der Waals surface area contributed by atoms with Crippen LogP contribution in [0.1, 0.15) is 0 Å². The maximum Gasteiger partial charge on any atom is 0.244 e. The maximum absolute atomic E-state index is 13.0. The molecular weight excluding hydrogens is 379 g/mol. The molecule has 0 N–H and O–H groups in total. The van der Waals surface area contributed by atoms with Gasteiger partial charge < -0.3 is 4.90 Å². The van der Waals surface area contributed by atoms with Gasteiger partial charge in [0.2, 0.25) is 10.0 Å². The van der Waals surface area contributed by atoms with E-state index < -0.39 is 19.9 Å². The first kappa shape index (κ1) is 18.8. The molecule has 1 aliphatic rings. The lowest BCUT2D eigenvalue weighted by molar-refractivity contribution is 0.384. The fourth-order valence-corrected chi connectivity index (χ4v) is 5.97. The molecule has 26 heavy (non-hydrogen) atoms. The van der Waals surface area contributed by atoms with E-state index in [1.54, 1.807) is 12.1 Å². The molecular formula is C17H19FN2O4S2. The second-order valence-corrected chi connectivity index (χ2v) is 9.98. The zero-order valence-corrected chi connectivity index (χ0v) is 15.8. The molecule has 1 aliphatic heterocycles. The van der Waals surface area contributed by atoms with Crippen LogP contribution >= 0.6 is 0 Å². The van der Waals surface area contributed by atoms with Crippen molar-refractivity contribution in [1.82, 2.24) is 4.31 Å². The number of anilines is 1. The van der Waals surface area contributed by atoms with E-state index in [1.165, 1.54) is 40.7 Å². The molecule has 1 saturated heterocycles. The van der Waals surface area contributed by atoms with E-state index in [4.69, 9.17) is 0 Å². The summed E-state index contributed by atoms with van der Waals surface area (Å²) >= 11 is 0. The molecule has 0 spiro atoms. The van der Waals surface area contributed by atoms with Gasteiger partial charge in [-0.25, -0.2) is 21.2 Å². The Hall–Kier alpha value is -1.97. The number of sulfone groups is 1. The monoisotopic (exact) mass is 398 g/mol. The average molecular weight is 398 g/mol. The molecule has 0 unspecified atom stereocenters. The summed E-state index contributed by atoms with van der Waals surface area (Å²) in [5.74, 6) is -0.327. The number of sulfonamides is 1. The highest BCUT2D eigenvalue weighted by molar-refractivity contribution is 7.93. The predicted octanol–water partition coefficient (Wildman–Crippen LogP) is 1.74. The SMILES string of the molecule is CS(=O)(=O)c1ccccc1S(=O)(=O)N1CCN(c2ccc(F)cc2)CC1. The first-order valence-corrected chi connectivity index (χ1v) is 11.3. The highest BCUT2D eigenvalue weighted by Gasteiger charge is 2.32. The number of hydrogen-bond donors (Lipinski definition) is 0. The molecule has 2 aromatic carbocycles. The Kier molecular flexibility index (Phi) is 5.05. The van der Waals surface area contributed by atoms with Gasteiger partial charge in [0.15, 0.2) is 9.84 Å². The molecule has 0 bridgehead atoms. The smallest absolute Gasteiger partial charge is 0.244 e. The van der Waals surface area contributed by atoms with E-state index in [1.807, 2.05) is 4.90 Å². The van der Waals surface area contributed by atoms with E-state index in [-0.39, 0.29) is 28.7 Å². The van der Waals surface area contributed by atoms with Crippen LogP contribution in [0.2, 0.25) is 0 Å². The van der Waals surface area contributed by atoms with Crippen molar-refractivity contribution in [1.29, 1.82) is 0 Å². The van der Waals surface area contributed by atoms with Crippen LogP contribution in [0.15, 0.2) is 58.3 Å². The molecule has 0 aliphatic carbocycles. The Bertz CT molecular complexity index is 997. The van der Waals surface area contributed by atoms with Crippen molar-refractivity contribution in [3.63, 3.8) is 0 Å². The van der Waals surface area contributed by atoms with Gasteiger partial charge in [-0.05, 0) is 36.4 Å². The molecule has 9 heteroatoms. The van der Waals surface area contributed by atoms with E-state index in [0.29, 0.717) is 13.1 Å². The number of piperazine rings is 1. The van der Waals surface area contributed by atoms with Crippen LogP contribution in [-0.2, 0) is 19.9 Å². The Balaban J connectivity index is 1.82. The van der Waals surface area contributed by atoms with Crippen molar-refractivity contribution in [2.75, 3.05) is 37.3 Å². The van der Waals surface area contributed by atoms with E-state index in [9.17, 15) is 21.2 Å². The number of benzene rings is 2. The fraction of sp³-hybridized carbons (Fsp3) is 0.294. The van der Waals surface area contributed by atoms with Gasteiger partial charge in [0.1, 0.15) is 10.7 Å². The van der Waals surface area contributed by atoms with Crippen molar-refractivity contribution in [2.24, 2.45) is 0 Å². The maximum atomic E-state index is 13.0. The van der Waals surface area contributed by atoms with Gasteiger partial charge in [-0.2, -0.15) is 4.31 Å². The second kappa shape index (κ2) is 6.98. The van der Waals surface area contributed by atoms with Crippen molar-refractivity contribution in [2.45, 2.75) is 9.79 Å². The minimum Gasteiger partial charge on any atom is -0.369 e. The van der Waals surface area contributed by atoms with Gasteiger partial charge >= 0.3 is 0 Å². The third-order valence-electron chi connectivity index (χ3n) is 4.30. The molecule has 1 heterocycles. The molecule has 0 atom stereocenters. The summed E-state index contributed by atoms with van der Waals surface area (Å²) in [6.45, 7) is 1.31. The normalized spacial score (nSPS) is 16.6. The number of nitrogens with zero attached hydrogens (tertiary/aromatic N) is 2. The Morgan fingerprint density at radius 1 is 0.808 bits per heavy atom. The number of halogens is 1. The van der Waals surface area contributed by atoms with Gasteiger partial charge in [-0.1, -0.05) is 12.1 Å². The van der Waals surface area contributed by atoms with Crippen LogP contribution in [0.3, 0.4) is 0 Å². The summed E-state index contributed by atoms with van der Waals surface area (Å²) in [5, 5.41) is 0. The first-order valence-electron chi connectivity index (χ1n) is 7.99. The minimum atomic E-state index is -3.92. The zero-order chi connectivity index (χ0) is 18.9. The molecule has 2 aromatic rings. The topological polar surface area (TPSA) is 74.8 Å². The standard InChI is InChI=1S/C17H19FN2O4S2/c1-25(21,22)16-4-2-3-5-17(16)26(23,24)20-12-10-19(11-13-20)15-8-6-14(18)7-9-15/h2-9H,10-13H2,1H3. The van der Waals surface area contributed by atoms with Crippen molar-refractivity contribution < 1.29 is 21.2 Å². The summed E-state index contributed by atoms with van der Waals surface area (Å²) in [4.78, 5) is 1.58. The fourth-order valence-electron chi connectivity index (χ4n) is 2.95. The molecule has 3 rings (SSSR count). The van der Waals surface area contributed by atoms with Gasteiger partial charge in [0.25, 0.3) is 0 Å². The third-order valence-corrected chi connectivity index (χ3v) is 7.54. The van der Waals surface area contributed by atoms with E-state index in [0.717, 1.165) is 11.9 Å². The first-order chi connectivity index (χ1) is 12.2.